The van der Waals surface area contributed by atoms with Crippen LogP contribution in [0.3, 0.4) is 0 Å². The first-order chi connectivity index (χ1) is 11.9. The Morgan fingerprint density at radius 3 is 2.16 bits per heavy atom. The van der Waals surface area contributed by atoms with E-state index in [1.807, 2.05) is 12.1 Å². The van der Waals surface area contributed by atoms with Crippen LogP contribution in [0.5, 0.6) is 5.75 Å². The molecule has 3 aromatic rings. The summed E-state index contributed by atoms with van der Waals surface area (Å²) >= 11 is 0. The molecule has 0 aliphatic heterocycles. The Hall–Kier alpha value is -2.86. The van der Waals surface area contributed by atoms with Crippen LogP contribution in [-0.4, -0.2) is 21.3 Å². The molecule has 0 unspecified atom stereocenters. The van der Waals surface area contributed by atoms with E-state index in [-0.39, 0.29) is 10.7 Å². The second-order valence-corrected chi connectivity index (χ2v) is 7.20. The number of nitrogens with one attached hydrogen (secondary N) is 1. The van der Waals surface area contributed by atoms with E-state index < -0.39 is 10.0 Å². The predicted molar refractivity (Wildman–Crippen MR) is 97.8 cm³/mol. The van der Waals surface area contributed by atoms with Crippen molar-refractivity contribution in [3.63, 3.8) is 0 Å². The molecular weight excluding hydrogens is 338 g/mol. The van der Waals surface area contributed by atoms with Gasteiger partial charge in [-0.15, -0.1) is 0 Å². The summed E-state index contributed by atoms with van der Waals surface area (Å²) in [4.78, 5) is 11.5. The Balaban J connectivity index is 2.03. The molecule has 0 aliphatic carbocycles. The first-order valence-electron chi connectivity index (χ1n) is 7.62. The normalized spacial score (nSPS) is 11.3. The number of sulfonamides is 1. The Kier molecular flexibility index (Phi) is 4.46. The van der Waals surface area contributed by atoms with Crippen LogP contribution < -0.4 is 9.46 Å². The average Bonchev–Trinajstić information content (AvgIpc) is 2.60. The zero-order valence-corrected chi connectivity index (χ0v) is 14.6. The molecule has 3 rings (SSSR count). The van der Waals surface area contributed by atoms with Gasteiger partial charge in [0, 0.05) is 22.0 Å². The van der Waals surface area contributed by atoms with Gasteiger partial charge in [0.2, 0.25) is 0 Å². The SMILES string of the molecule is COc1ccc(S(=O)(=O)Nc2ccc(C(C)=O)cc2)c2ccccc12. The molecule has 1 N–H and O–H groups in total. The Morgan fingerprint density at radius 2 is 1.56 bits per heavy atom. The maximum atomic E-state index is 12.8. The second kappa shape index (κ2) is 6.57. The number of carbonyl (C=O) groups excluding carboxylic acids is 1. The number of ketones is 1. The molecule has 25 heavy (non-hydrogen) atoms. The number of hydrogen-bond acceptors (Lipinski definition) is 4. The highest BCUT2D eigenvalue weighted by atomic mass is 32.2. The van der Waals surface area contributed by atoms with Crippen LogP contribution in [0.4, 0.5) is 5.69 Å². The van der Waals surface area contributed by atoms with Gasteiger partial charge in [-0.05, 0) is 43.3 Å². The monoisotopic (exact) mass is 355 g/mol. The lowest BCUT2D eigenvalue weighted by molar-refractivity contribution is 0.101. The van der Waals surface area contributed by atoms with E-state index in [0.29, 0.717) is 22.4 Å². The van der Waals surface area contributed by atoms with Crippen LogP contribution in [-0.2, 0) is 10.0 Å². The minimum atomic E-state index is -3.79. The molecule has 0 spiro atoms. The molecule has 0 radical (unpaired) electrons. The summed E-state index contributed by atoms with van der Waals surface area (Å²) in [5.41, 5.74) is 0.919. The summed E-state index contributed by atoms with van der Waals surface area (Å²) in [6.07, 6.45) is 0. The molecule has 0 saturated heterocycles. The van der Waals surface area contributed by atoms with Gasteiger partial charge >= 0.3 is 0 Å². The zero-order valence-electron chi connectivity index (χ0n) is 13.8. The highest BCUT2D eigenvalue weighted by molar-refractivity contribution is 7.93. The van der Waals surface area contributed by atoms with E-state index in [4.69, 9.17) is 4.74 Å². The highest BCUT2D eigenvalue weighted by Crippen LogP contribution is 2.31. The summed E-state index contributed by atoms with van der Waals surface area (Å²) < 4.78 is 33.5. The van der Waals surface area contributed by atoms with E-state index >= 15 is 0 Å². The van der Waals surface area contributed by atoms with Crippen molar-refractivity contribution in [3.8, 4) is 5.75 Å². The maximum Gasteiger partial charge on any atom is 0.262 e. The molecule has 0 atom stereocenters. The molecule has 3 aromatic carbocycles. The van der Waals surface area contributed by atoms with E-state index in [0.717, 1.165) is 5.39 Å². The third kappa shape index (κ3) is 3.34. The largest absolute Gasteiger partial charge is 0.496 e. The molecule has 0 amide bonds. The molecule has 128 valence electrons. The number of hydrogen-bond donors (Lipinski definition) is 1. The number of anilines is 1. The van der Waals surface area contributed by atoms with Crippen LogP contribution in [0.15, 0.2) is 65.6 Å². The van der Waals surface area contributed by atoms with Gasteiger partial charge in [-0.25, -0.2) is 8.42 Å². The molecule has 0 fully saturated rings. The average molecular weight is 355 g/mol. The van der Waals surface area contributed by atoms with Crippen molar-refractivity contribution in [1.82, 2.24) is 0 Å². The zero-order chi connectivity index (χ0) is 18.0. The quantitative estimate of drug-likeness (QED) is 0.706. The second-order valence-electron chi connectivity index (χ2n) is 5.55. The van der Waals surface area contributed by atoms with E-state index in [9.17, 15) is 13.2 Å². The van der Waals surface area contributed by atoms with Gasteiger partial charge < -0.3 is 4.74 Å². The lowest BCUT2D eigenvalue weighted by Crippen LogP contribution is -2.13. The highest BCUT2D eigenvalue weighted by Gasteiger charge is 2.19. The fraction of sp³-hybridized carbons (Fsp3) is 0.105. The summed E-state index contributed by atoms with van der Waals surface area (Å²) in [5.74, 6) is 0.538. The van der Waals surface area contributed by atoms with Crippen molar-refractivity contribution in [1.29, 1.82) is 0 Å². The Labute approximate surface area is 146 Å². The number of Topliss-reactive ketones (excluding diaryl/α,β-unsaturated/α-hetero) is 1. The van der Waals surface area contributed by atoms with Gasteiger partial charge in [0.15, 0.2) is 5.78 Å². The van der Waals surface area contributed by atoms with Gasteiger partial charge in [0.25, 0.3) is 10.0 Å². The maximum absolute atomic E-state index is 12.8. The van der Waals surface area contributed by atoms with Crippen molar-refractivity contribution in [2.24, 2.45) is 0 Å². The van der Waals surface area contributed by atoms with Gasteiger partial charge in [-0.1, -0.05) is 24.3 Å². The summed E-state index contributed by atoms with van der Waals surface area (Å²) in [6.45, 7) is 1.46. The molecule has 0 aromatic heterocycles. The van der Waals surface area contributed by atoms with Crippen molar-refractivity contribution in [2.45, 2.75) is 11.8 Å². The first kappa shape index (κ1) is 17.0. The molecule has 6 heteroatoms. The number of benzene rings is 3. The summed E-state index contributed by atoms with van der Waals surface area (Å²) in [7, 11) is -2.24. The molecule has 0 bridgehead atoms. The minimum Gasteiger partial charge on any atom is -0.496 e. The molecular formula is C19H17NO4S. The molecule has 0 aliphatic rings. The van der Waals surface area contributed by atoms with Gasteiger partial charge in [0.1, 0.15) is 5.75 Å². The number of fused-ring (bicyclic) bond motifs is 1. The summed E-state index contributed by atoms with van der Waals surface area (Å²) in [5, 5.41) is 1.30. The topological polar surface area (TPSA) is 72.5 Å². The Bertz CT molecular complexity index is 1040. The third-order valence-electron chi connectivity index (χ3n) is 3.90. The summed E-state index contributed by atoms with van der Waals surface area (Å²) in [6, 6.07) is 16.6. The van der Waals surface area contributed by atoms with Crippen LogP contribution in [0.1, 0.15) is 17.3 Å². The number of methoxy groups -OCH3 is 1. The Morgan fingerprint density at radius 1 is 0.920 bits per heavy atom. The van der Waals surface area contributed by atoms with Crippen LogP contribution in [0, 0.1) is 0 Å². The first-order valence-corrected chi connectivity index (χ1v) is 9.10. The number of rotatable bonds is 5. The molecule has 0 heterocycles. The number of ether oxygens (including phenoxy) is 1. The number of carbonyl (C=O) groups is 1. The van der Waals surface area contributed by atoms with Crippen molar-refractivity contribution < 1.29 is 17.9 Å². The van der Waals surface area contributed by atoms with E-state index in [2.05, 4.69) is 4.72 Å². The lowest BCUT2D eigenvalue weighted by Gasteiger charge is -2.13. The smallest absolute Gasteiger partial charge is 0.262 e. The fourth-order valence-corrected chi connectivity index (χ4v) is 3.91. The standard InChI is InChI=1S/C19H17NO4S/c1-13(21)14-7-9-15(10-8-14)20-25(22,23)19-12-11-18(24-2)16-5-3-4-6-17(16)19/h3-12,20H,1-2H3. The van der Waals surface area contributed by atoms with Crippen molar-refractivity contribution in [2.75, 3.05) is 11.8 Å². The van der Waals surface area contributed by atoms with Gasteiger partial charge in [-0.3, -0.25) is 9.52 Å². The lowest BCUT2D eigenvalue weighted by atomic mass is 10.1. The molecule has 0 saturated carbocycles. The van der Waals surface area contributed by atoms with Crippen LogP contribution >= 0.6 is 0 Å². The minimum absolute atomic E-state index is 0.0736. The molecule has 5 nitrogen and oxygen atoms in total. The van der Waals surface area contributed by atoms with Gasteiger partial charge in [0.05, 0.1) is 12.0 Å². The third-order valence-corrected chi connectivity index (χ3v) is 5.34. The van der Waals surface area contributed by atoms with Crippen LogP contribution in [0.25, 0.3) is 10.8 Å². The van der Waals surface area contributed by atoms with Crippen molar-refractivity contribution >= 4 is 32.3 Å². The fourth-order valence-electron chi connectivity index (χ4n) is 2.64. The van der Waals surface area contributed by atoms with E-state index in [1.54, 1.807) is 49.6 Å². The van der Waals surface area contributed by atoms with Crippen LogP contribution in [0.2, 0.25) is 0 Å². The predicted octanol–water partition coefficient (Wildman–Crippen LogP) is 3.85. The van der Waals surface area contributed by atoms with Crippen molar-refractivity contribution in [3.05, 3.63) is 66.2 Å². The van der Waals surface area contributed by atoms with Gasteiger partial charge in [-0.2, -0.15) is 0 Å². The van der Waals surface area contributed by atoms with E-state index in [1.165, 1.54) is 13.0 Å².